The van der Waals surface area contributed by atoms with Crippen molar-refractivity contribution in [3.63, 3.8) is 0 Å². The van der Waals surface area contributed by atoms with Gasteiger partial charge in [-0.05, 0) is 64.2 Å². The maximum atomic E-state index is 13.1. The minimum atomic E-state index is -0.779. The molecule has 0 heterocycles. The first-order valence-electron chi connectivity index (χ1n) is 11.7. The highest BCUT2D eigenvalue weighted by molar-refractivity contribution is 5.93. The summed E-state index contributed by atoms with van der Waals surface area (Å²) in [6.07, 6.45) is 1.87. The summed E-state index contributed by atoms with van der Waals surface area (Å²) in [5.74, 6) is -0.804. The third kappa shape index (κ3) is 10.8. The summed E-state index contributed by atoms with van der Waals surface area (Å²) in [5.41, 5.74) is 12.2. The molecule has 9 nitrogen and oxygen atoms in total. The minimum absolute atomic E-state index is 0.111. The van der Waals surface area contributed by atoms with E-state index in [2.05, 4.69) is 21.3 Å². The summed E-state index contributed by atoms with van der Waals surface area (Å²) >= 11 is 0. The zero-order chi connectivity index (χ0) is 24.8. The van der Waals surface area contributed by atoms with Crippen LogP contribution in [0, 0.1) is 5.92 Å². The molecule has 4 atom stereocenters. The first-order valence-corrected chi connectivity index (χ1v) is 11.7. The Morgan fingerprint density at radius 3 is 1.88 bits per heavy atom. The molecule has 1 aromatic rings. The summed E-state index contributed by atoms with van der Waals surface area (Å²) in [7, 11) is 1.72. The minimum Gasteiger partial charge on any atom is -0.352 e. The van der Waals surface area contributed by atoms with Crippen molar-refractivity contribution in [1.82, 2.24) is 21.3 Å². The van der Waals surface area contributed by atoms with Crippen LogP contribution in [0.25, 0.3) is 0 Å². The Balaban J connectivity index is 2.87. The van der Waals surface area contributed by atoms with Crippen molar-refractivity contribution in [2.75, 3.05) is 20.1 Å². The van der Waals surface area contributed by atoms with Gasteiger partial charge in [0.15, 0.2) is 0 Å². The highest BCUT2D eigenvalue weighted by Gasteiger charge is 2.29. The van der Waals surface area contributed by atoms with Crippen molar-refractivity contribution in [3.8, 4) is 0 Å². The molecule has 0 aliphatic rings. The van der Waals surface area contributed by atoms with Gasteiger partial charge in [-0.15, -0.1) is 0 Å². The number of amides is 3. The standard InChI is InChI=1S/C24H42N6O3/c1-16(2)14-21(30-23(32)20(27-4)15-18-8-6-5-7-9-18)24(33)29-19(11-13-26)22(31)28-17(3)10-12-25/h5-9,16-17,19-21,27H,10-15,25-26H2,1-4H3,(H,28,31)(H,29,33)(H,30,32)/t17?,19?,20-,21?/m1/s1. The monoisotopic (exact) mass is 462 g/mol. The maximum Gasteiger partial charge on any atom is 0.243 e. The van der Waals surface area contributed by atoms with Gasteiger partial charge in [0.1, 0.15) is 12.1 Å². The van der Waals surface area contributed by atoms with Gasteiger partial charge in [0, 0.05) is 6.04 Å². The Morgan fingerprint density at radius 2 is 1.33 bits per heavy atom. The Morgan fingerprint density at radius 1 is 0.788 bits per heavy atom. The van der Waals surface area contributed by atoms with E-state index >= 15 is 0 Å². The molecule has 3 unspecified atom stereocenters. The number of nitrogens with one attached hydrogen (secondary N) is 4. The predicted molar refractivity (Wildman–Crippen MR) is 131 cm³/mol. The van der Waals surface area contributed by atoms with Crippen LogP contribution in [0.1, 0.15) is 45.6 Å². The summed E-state index contributed by atoms with van der Waals surface area (Å²) in [6.45, 7) is 6.50. The number of rotatable bonds is 15. The third-order valence-corrected chi connectivity index (χ3v) is 5.36. The first kappa shape index (κ1) is 28.5. The van der Waals surface area contributed by atoms with Crippen molar-refractivity contribution >= 4 is 17.7 Å². The Labute approximate surface area is 197 Å². The van der Waals surface area contributed by atoms with Crippen LogP contribution in [-0.2, 0) is 20.8 Å². The quantitative estimate of drug-likeness (QED) is 0.216. The van der Waals surface area contributed by atoms with E-state index in [1.807, 2.05) is 51.1 Å². The lowest BCUT2D eigenvalue weighted by atomic mass is 10.0. The molecule has 186 valence electrons. The summed E-state index contributed by atoms with van der Waals surface area (Å²) in [4.78, 5) is 38.7. The number of carbonyl (C=O) groups excluding carboxylic acids is 3. The first-order chi connectivity index (χ1) is 15.7. The van der Waals surface area contributed by atoms with E-state index in [0.29, 0.717) is 32.2 Å². The zero-order valence-electron chi connectivity index (χ0n) is 20.4. The van der Waals surface area contributed by atoms with Gasteiger partial charge < -0.3 is 32.7 Å². The third-order valence-electron chi connectivity index (χ3n) is 5.36. The molecule has 0 spiro atoms. The van der Waals surface area contributed by atoms with Gasteiger partial charge >= 0.3 is 0 Å². The van der Waals surface area contributed by atoms with Crippen molar-refractivity contribution in [3.05, 3.63) is 35.9 Å². The Bertz CT molecular complexity index is 728. The van der Waals surface area contributed by atoms with Gasteiger partial charge in [-0.3, -0.25) is 14.4 Å². The van der Waals surface area contributed by atoms with Crippen LogP contribution < -0.4 is 32.7 Å². The maximum absolute atomic E-state index is 13.1. The molecule has 0 fully saturated rings. The second-order valence-corrected chi connectivity index (χ2v) is 8.85. The van der Waals surface area contributed by atoms with Crippen molar-refractivity contribution in [1.29, 1.82) is 0 Å². The van der Waals surface area contributed by atoms with Gasteiger partial charge in [-0.2, -0.15) is 0 Å². The van der Waals surface area contributed by atoms with Gasteiger partial charge in [0.25, 0.3) is 0 Å². The lowest BCUT2D eigenvalue weighted by Gasteiger charge is -2.26. The fourth-order valence-corrected chi connectivity index (χ4v) is 3.52. The number of benzene rings is 1. The summed E-state index contributed by atoms with van der Waals surface area (Å²) in [6, 6.07) is 7.53. The lowest BCUT2D eigenvalue weighted by molar-refractivity contribution is -0.133. The Kier molecular flexibility index (Phi) is 13.3. The SMILES string of the molecule is CN[C@H](Cc1ccccc1)C(=O)NC(CC(C)C)C(=O)NC(CCN)C(=O)NC(C)CCN. The van der Waals surface area contributed by atoms with Crippen LogP contribution >= 0.6 is 0 Å². The number of hydrogen-bond acceptors (Lipinski definition) is 6. The van der Waals surface area contributed by atoms with E-state index < -0.39 is 24.0 Å². The molecule has 8 N–H and O–H groups in total. The Hall–Kier alpha value is -2.49. The van der Waals surface area contributed by atoms with Crippen LogP contribution in [-0.4, -0.2) is 62.0 Å². The van der Waals surface area contributed by atoms with Gasteiger partial charge in [0.05, 0.1) is 6.04 Å². The fourth-order valence-electron chi connectivity index (χ4n) is 3.52. The number of hydrogen-bond donors (Lipinski definition) is 6. The van der Waals surface area contributed by atoms with Crippen LogP contribution in [0.15, 0.2) is 30.3 Å². The van der Waals surface area contributed by atoms with E-state index in [9.17, 15) is 14.4 Å². The highest BCUT2D eigenvalue weighted by atomic mass is 16.2. The smallest absolute Gasteiger partial charge is 0.243 e. The number of likely N-dealkylation sites (N-methyl/N-ethyl adjacent to an activating group) is 1. The van der Waals surface area contributed by atoms with E-state index in [0.717, 1.165) is 5.56 Å². The molecule has 9 heteroatoms. The van der Waals surface area contributed by atoms with Crippen LogP contribution in [0.5, 0.6) is 0 Å². The average molecular weight is 463 g/mol. The van der Waals surface area contributed by atoms with Crippen molar-refractivity contribution < 1.29 is 14.4 Å². The molecular formula is C24H42N6O3. The number of carbonyl (C=O) groups is 3. The molecule has 3 amide bonds. The van der Waals surface area contributed by atoms with Gasteiger partial charge in [-0.1, -0.05) is 44.2 Å². The highest BCUT2D eigenvalue weighted by Crippen LogP contribution is 2.08. The van der Waals surface area contributed by atoms with E-state index in [1.165, 1.54) is 0 Å². The molecule has 0 saturated carbocycles. The summed E-state index contributed by atoms with van der Waals surface area (Å²) < 4.78 is 0. The van der Waals surface area contributed by atoms with Crippen LogP contribution in [0.4, 0.5) is 0 Å². The van der Waals surface area contributed by atoms with Gasteiger partial charge in [0.2, 0.25) is 17.7 Å². The topological polar surface area (TPSA) is 151 Å². The molecule has 0 radical (unpaired) electrons. The van der Waals surface area contributed by atoms with Crippen LogP contribution in [0.2, 0.25) is 0 Å². The molecule has 0 aliphatic carbocycles. The predicted octanol–water partition coefficient (Wildman–Crippen LogP) is 0.0351. The van der Waals surface area contributed by atoms with Crippen molar-refractivity contribution in [2.45, 2.75) is 70.6 Å². The molecule has 33 heavy (non-hydrogen) atoms. The number of nitrogens with two attached hydrogens (primary N) is 2. The summed E-state index contributed by atoms with van der Waals surface area (Å²) in [5, 5.41) is 11.5. The van der Waals surface area contributed by atoms with E-state index in [-0.39, 0.29) is 30.3 Å². The van der Waals surface area contributed by atoms with E-state index in [1.54, 1.807) is 7.05 Å². The van der Waals surface area contributed by atoms with E-state index in [4.69, 9.17) is 11.5 Å². The second-order valence-electron chi connectivity index (χ2n) is 8.85. The molecule has 0 aromatic heterocycles. The fraction of sp³-hybridized carbons (Fsp3) is 0.625. The lowest BCUT2D eigenvalue weighted by Crippen LogP contribution is -2.57. The molecule has 1 rings (SSSR count). The average Bonchev–Trinajstić information content (AvgIpc) is 2.77. The molecule has 1 aromatic carbocycles. The molecule has 0 saturated heterocycles. The van der Waals surface area contributed by atoms with Crippen LogP contribution in [0.3, 0.4) is 0 Å². The zero-order valence-corrected chi connectivity index (χ0v) is 20.4. The largest absolute Gasteiger partial charge is 0.352 e. The van der Waals surface area contributed by atoms with Crippen molar-refractivity contribution in [2.24, 2.45) is 17.4 Å². The van der Waals surface area contributed by atoms with Gasteiger partial charge in [-0.25, -0.2) is 0 Å². The molecule has 0 bridgehead atoms. The second kappa shape index (κ2) is 15.4. The normalized spacial score (nSPS) is 14.8. The molecule has 0 aliphatic heterocycles. The molecular weight excluding hydrogens is 420 g/mol.